The molecular weight excluding hydrogens is 406 g/mol. The van der Waals surface area contributed by atoms with Crippen LogP contribution in [0.3, 0.4) is 0 Å². The van der Waals surface area contributed by atoms with E-state index in [9.17, 15) is 15.2 Å². The molecule has 166 valence electrons. The Morgan fingerprint density at radius 1 is 1.16 bits per heavy atom. The van der Waals surface area contributed by atoms with E-state index in [2.05, 4.69) is 11.4 Å². The lowest BCUT2D eigenvalue weighted by Crippen LogP contribution is -2.39. The van der Waals surface area contributed by atoms with Crippen LogP contribution < -0.4 is 14.8 Å². The first-order chi connectivity index (χ1) is 15.5. The zero-order chi connectivity index (χ0) is 23.1. The Bertz CT molecular complexity index is 1140. The van der Waals surface area contributed by atoms with Crippen molar-refractivity contribution in [3.05, 3.63) is 71.3 Å². The number of carbonyl (C=O) groups excluding carboxylic acids is 1. The Kier molecular flexibility index (Phi) is 7.66. The summed E-state index contributed by atoms with van der Waals surface area (Å²) in [7, 11) is 4.81. The van der Waals surface area contributed by atoms with E-state index in [0.717, 1.165) is 21.9 Å². The van der Waals surface area contributed by atoms with Crippen molar-refractivity contribution < 1.29 is 19.4 Å². The van der Waals surface area contributed by atoms with Crippen molar-refractivity contribution in [1.82, 2.24) is 10.2 Å². The van der Waals surface area contributed by atoms with Crippen LogP contribution in [0.5, 0.6) is 11.5 Å². The van der Waals surface area contributed by atoms with Gasteiger partial charge in [0, 0.05) is 25.7 Å². The Morgan fingerprint density at radius 3 is 2.62 bits per heavy atom. The first kappa shape index (κ1) is 23.1. The Morgan fingerprint density at radius 2 is 1.94 bits per heavy atom. The molecule has 0 aromatic heterocycles. The fourth-order valence-electron chi connectivity index (χ4n) is 3.79. The Balaban J connectivity index is 1.99. The van der Waals surface area contributed by atoms with Crippen molar-refractivity contribution in [3.8, 4) is 17.6 Å². The fraction of sp³-hybridized carbons (Fsp3) is 0.280. The second-order valence-electron chi connectivity index (χ2n) is 7.35. The molecule has 1 unspecified atom stereocenters. The second kappa shape index (κ2) is 10.6. The van der Waals surface area contributed by atoms with E-state index in [4.69, 9.17) is 9.47 Å². The van der Waals surface area contributed by atoms with Crippen LogP contribution in [-0.4, -0.2) is 50.3 Å². The number of hydrogen-bond donors (Lipinski definition) is 2. The molecule has 0 saturated carbocycles. The van der Waals surface area contributed by atoms with E-state index in [0.29, 0.717) is 17.1 Å². The van der Waals surface area contributed by atoms with Crippen LogP contribution >= 0.6 is 0 Å². The van der Waals surface area contributed by atoms with Crippen molar-refractivity contribution in [2.45, 2.75) is 12.6 Å². The molecule has 3 aromatic rings. The van der Waals surface area contributed by atoms with Crippen molar-refractivity contribution >= 4 is 16.7 Å². The number of methoxy groups -OCH3 is 2. The summed E-state index contributed by atoms with van der Waals surface area (Å²) >= 11 is 0. The standard InChI is InChI=1S/C25H27N3O4/c1-28(25(30)23(27-11-12-29)18-8-6-9-20(14-18)31-2)16-22-21-10-5-4-7-17(21)13-19(15-26)24(22)32-3/h4-10,13-14,23,27,29H,11-12,16H2,1-3H3. The molecule has 0 aliphatic rings. The van der Waals surface area contributed by atoms with Crippen LogP contribution in [0.1, 0.15) is 22.7 Å². The van der Waals surface area contributed by atoms with Crippen molar-refractivity contribution in [1.29, 1.82) is 5.26 Å². The number of benzene rings is 3. The lowest BCUT2D eigenvalue weighted by atomic mass is 9.98. The molecule has 7 heteroatoms. The number of rotatable bonds is 9. The highest BCUT2D eigenvalue weighted by Gasteiger charge is 2.26. The summed E-state index contributed by atoms with van der Waals surface area (Å²) in [4.78, 5) is 15.1. The van der Waals surface area contributed by atoms with Gasteiger partial charge in [0.05, 0.1) is 26.4 Å². The van der Waals surface area contributed by atoms with Crippen LogP contribution in [0, 0.1) is 11.3 Å². The zero-order valence-electron chi connectivity index (χ0n) is 18.5. The van der Waals surface area contributed by atoms with Gasteiger partial charge >= 0.3 is 0 Å². The van der Waals surface area contributed by atoms with Gasteiger partial charge in [-0.2, -0.15) is 5.26 Å². The van der Waals surface area contributed by atoms with Crippen LogP contribution in [0.2, 0.25) is 0 Å². The molecule has 0 aliphatic heterocycles. The molecule has 7 nitrogen and oxygen atoms in total. The van der Waals surface area contributed by atoms with Crippen LogP contribution in [0.25, 0.3) is 10.8 Å². The predicted molar refractivity (Wildman–Crippen MR) is 123 cm³/mol. The number of likely N-dealkylation sites (N-methyl/N-ethyl adjacent to an activating group) is 1. The molecule has 1 amide bonds. The number of nitrogens with zero attached hydrogens (tertiary/aromatic N) is 2. The third kappa shape index (κ3) is 4.83. The number of aliphatic hydroxyl groups excluding tert-OH is 1. The van der Waals surface area contributed by atoms with Gasteiger partial charge in [0.25, 0.3) is 0 Å². The Hall–Kier alpha value is -3.60. The number of aliphatic hydroxyl groups is 1. The SMILES string of the molecule is COc1cccc(C(NCCO)C(=O)N(C)Cc2c(OC)c(C#N)cc3ccccc23)c1. The minimum Gasteiger partial charge on any atom is -0.497 e. The molecule has 0 fully saturated rings. The molecule has 0 heterocycles. The van der Waals surface area contributed by atoms with Gasteiger partial charge < -0.3 is 19.5 Å². The van der Waals surface area contributed by atoms with Gasteiger partial charge in [-0.05, 0) is 34.5 Å². The van der Waals surface area contributed by atoms with Crippen molar-refractivity contribution in [2.75, 3.05) is 34.4 Å². The highest BCUT2D eigenvalue weighted by Crippen LogP contribution is 2.33. The van der Waals surface area contributed by atoms with E-state index in [1.54, 1.807) is 31.2 Å². The molecule has 3 aromatic carbocycles. The molecule has 2 N–H and O–H groups in total. The van der Waals surface area contributed by atoms with Gasteiger partial charge in [0.2, 0.25) is 5.91 Å². The van der Waals surface area contributed by atoms with Gasteiger partial charge in [0.15, 0.2) is 0 Å². The average molecular weight is 434 g/mol. The zero-order valence-corrected chi connectivity index (χ0v) is 18.5. The fourth-order valence-corrected chi connectivity index (χ4v) is 3.79. The number of fused-ring (bicyclic) bond motifs is 1. The number of carbonyl (C=O) groups is 1. The number of amides is 1. The highest BCUT2D eigenvalue weighted by molar-refractivity contribution is 5.91. The summed E-state index contributed by atoms with van der Waals surface area (Å²) < 4.78 is 10.9. The monoisotopic (exact) mass is 433 g/mol. The molecule has 3 rings (SSSR count). The normalized spacial score (nSPS) is 11.6. The highest BCUT2D eigenvalue weighted by atomic mass is 16.5. The second-order valence-corrected chi connectivity index (χ2v) is 7.35. The molecule has 32 heavy (non-hydrogen) atoms. The van der Waals surface area contributed by atoms with Gasteiger partial charge in [-0.15, -0.1) is 0 Å². The first-order valence-electron chi connectivity index (χ1n) is 10.3. The number of nitrogens with one attached hydrogen (secondary N) is 1. The number of ether oxygens (including phenoxy) is 2. The van der Waals surface area contributed by atoms with Crippen LogP contribution in [0.4, 0.5) is 0 Å². The topological polar surface area (TPSA) is 94.8 Å². The van der Waals surface area contributed by atoms with E-state index in [1.807, 2.05) is 42.5 Å². The average Bonchev–Trinajstić information content (AvgIpc) is 2.83. The molecule has 0 radical (unpaired) electrons. The quantitative estimate of drug-likeness (QED) is 0.539. The molecule has 0 spiro atoms. The van der Waals surface area contributed by atoms with Gasteiger partial charge in [-0.25, -0.2) is 0 Å². The maximum absolute atomic E-state index is 13.5. The summed E-state index contributed by atoms with van der Waals surface area (Å²) in [6.45, 7) is 0.414. The van der Waals surface area contributed by atoms with E-state index >= 15 is 0 Å². The number of nitriles is 1. The third-order valence-electron chi connectivity index (χ3n) is 5.33. The minimum absolute atomic E-state index is 0.0971. The largest absolute Gasteiger partial charge is 0.497 e. The maximum Gasteiger partial charge on any atom is 0.244 e. The summed E-state index contributed by atoms with van der Waals surface area (Å²) in [5, 5.41) is 23.8. The van der Waals surface area contributed by atoms with Gasteiger partial charge in [-0.3, -0.25) is 10.1 Å². The number of hydrogen-bond acceptors (Lipinski definition) is 6. The predicted octanol–water partition coefficient (Wildman–Crippen LogP) is 3.01. The third-order valence-corrected chi connectivity index (χ3v) is 5.33. The minimum atomic E-state index is -0.668. The van der Waals surface area contributed by atoms with Crippen molar-refractivity contribution in [2.24, 2.45) is 0 Å². The van der Waals surface area contributed by atoms with E-state index in [1.165, 1.54) is 7.11 Å². The lowest BCUT2D eigenvalue weighted by molar-refractivity contribution is -0.132. The van der Waals surface area contributed by atoms with Crippen molar-refractivity contribution in [3.63, 3.8) is 0 Å². The van der Waals surface area contributed by atoms with Gasteiger partial charge in [-0.1, -0.05) is 36.4 Å². The summed E-state index contributed by atoms with van der Waals surface area (Å²) in [6, 6.07) is 18.3. The summed E-state index contributed by atoms with van der Waals surface area (Å²) in [6.07, 6.45) is 0. The molecule has 0 bridgehead atoms. The maximum atomic E-state index is 13.5. The lowest BCUT2D eigenvalue weighted by Gasteiger charge is -2.26. The van der Waals surface area contributed by atoms with E-state index in [-0.39, 0.29) is 25.6 Å². The first-order valence-corrected chi connectivity index (χ1v) is 10.3. The summed E-state index contributed by atoms with van der Waals surface area (Å²) in [5.74, 6) is 0.926. The Labute approximate surface area is 187 Å². The molecular formula is C25H27N3O4. The molecule has 0 aliphatic carbocycles. The summed E-state index contributed by atoms with van der Waals surface area (Å²) in [5.41, 5.74) is 1.92. The van der Waals surface area contributed by atoms with Crippen LogP contribution in [-0.2, 0) is 11.3 Å². The van der Waals surface area contributed by atoms with Crippen LogP contribution in [0.15, 0.2) is 54.6 Å². The molecule has 1 atom stereocenters. The smallest absolute Gasteiger partial charge is 0.244 e. The van der Waals surface area contributed by atoms with E-state index < -0.39 is 6.04 Å². The molecule has 0 saturated heterocycles. The van der Waals surface area contributed by atoms with Gasteiger partial charge in [0.1, 0.15) is 23.6 Å².